The van der Waals surface area contributed by atoms with Crippen LogP contribution in [0, 0.1) is 0 Å². The minimum absolute atomic E-state index is 0. The van der Waals surface area contributed by atoms with Crippen LogP contribution in [0.2, 0.25) is 0 Å². The van der Waals surface area contributed by atoms with Crippen molar-refractivity contribution in [3.8, 4) is 11.1 Å². The number of piperidine rings is 2. The molecule has 1 aliphatic carbocycles. The monoisotopic (exact) mass is 552 g/mol. The molecule has 3 aliphatic rings. The number of rotatable bonds is 4. The molecule has 12 heteroatoms. The predicted octanol–water partition coefficient (Wildman–Crippen LogP) is 6.86. The van der Waals surface area contributed by atoms with Crippen molar-refractivity contribution in [3.63, 3.8) is 0 Å². The lowest BCUT2D eigenvalue weighted by molar-refractivity contribution is 0.104. The fourth-order valence-corrected chi connectivity index (χ4v) is 5.11. The fraction of sp³-hybridized carbons (Fsp3) is 0.385. The van der Waals surface area contributed by atoms with Crippen molar-refractivity contribution in [3.05, 3.63) is 53.6 Å². The molecule has 11 nitrogen and oxygen atoms in total. The summed E-state index contributed by atoms with van der Waals surface area (Å²) in [6.07, 6.45) is 7.22. The van der Waals surface area contributed by atoms with Crippen LogP contribution in [0.4, 0.5) is 23.5 Å². The summed E-state index contributed by atoms with van der Waals surface area (Å²) >= 11 is 0. The van der Waals surface area contributed by atoms with E-state index in [1.54, 1.807) is 0 Å². The highest BCUT2D eigenvalue weighted by atomic mass is 35.5. The molecule has 216 valence electrons. The van der Waals surface area contributed by atoms with Gasteiger partial charge < -0.3 is 39.7 Å². The summed E-state index contributed by atoms with van der Waals surface area (Å²) in [4.78, 5) is 31.8. The number of aromatic nitrogens is 3. The molecule has 3 aromatic rings. The Bertz CT molecular complexity index is 1200. The second kappa shape index (κ2) is 14.0. The van der Waals surface area contributed by atoms with Crippen LogP contribution in [0.5, 0.6) is 0 Å². The van der Waals surface area contributed by atoms with Crippen LogP contribution in [-0.4, -0.2) is 46.9 Å². The number of halogens is 1. The van der Waals surface area contributed by atoms with E-state index in [1.165, 1.54) is 38.5 Å². The van der Waals surface area contributed by atoms with Crippen molar-refractivity contribution < 1.29 is 10.5 Å². The van der Waals surface area contributed by atoms with Gasteiger partial charge in [-0.15, -0.1) is 12.4 Å². The van der Waals surface area contributed by atoms with Crippen molar-refractivity contribution >= 4 is 41.7 Å². The van der Waals surface area contributed by atoms with Crippen LogP contribution in [-0.2, 0) is 0 Å². The third kappa shape index (κ3) is 6.20. The van der Waals surface area contributed by atoms with Crippen molar-refractivity contribution in [2.45, 2.75) is 38.5 Å². The van der Waals surface area contributed by atoms with Gasteiger partial charge in [-0.25, -0.2) is 0 Å². The summed E-state index contributed by atoms with van der Waals surface area (Å²) < 4.78 is 0. The number of fused-ring (bicyclic) bond motifs is 3. The van der Waals surface area contributed by atoms with E-state index in [0.29, 0.717) is 5.95 Å². The Morgan fingerprint density at radius 2 is 1.13 bits per heavy atom. The molecule has 13 N–H and O–H groups in total. The lowest BCUT2D eigenvalue weighted by Crippen LogP contribution is -2.34. The van der Waals surface area contributed by atoms with Gasteiger partial charge in [0.15, 0.2) is 5.78 Å². The van der Waals surface area contributed by atoms with Gasteiger partial charge in [0.1, 0.15) is 0 Å². The molecular formula is C26H49ClN10O. The first kappa shape index (κ1) is 32.7. The average Bonchev–Trinajstić information content (AvgIpc) is 3.16. The van der Waals surface area contributed by atoms with E-state index >= 15 is 0 Å². The number of carbonyl (C=O) groups is 1. The molecule has 2 saturated heterocycles. The van der Waals surface area contributed by atoms with Gasteiger partial charge >= 0.3 is 0 Å². The van der Waals surface area contributed by atoms with Gasteiger partial charge in [0.2, 0.25) is 17.8 Å². The maximum Gasteiger partial charge on any atom is 0.233 e. The largest absolute Gasteiger partial charge is 0.344 e. The van der Waals surface area contributed by atoms with Gasteiger partial charge in [-0.3, -0.25) is 4.79 Å². The van der Waals surface area contributed by atoms with E-state index in [0.717, 1.165) is 66.0 Å². The first-order valence-corrected chi connectivity index (χ1v) is 12.1. The average molecular weight is 553 g/mol. The second-order valence-electron chi connectivity index (χ2n) is 9.11. The number of nitrogens with one attached hydrogen (secondary N) is 1. The first-order valence-electron chi connectivity index (χ1n) is 12.1. The molecule has 6 rings (SSSR count). The highest BCUT2D eigenvalue weighted by molar-refractivity contribution is 6.22. The van der Waals surface area contributed by atoms with Crippen LogP contribution in [0.3, 0.4) is 0 Å². The zero-order valence-electron chi connectivity index (χ0n) is 22.0. The van der Waals surface area contributed by atoms with E-state index in [1.807, 2.05) is 42.5 Å². The van der Waals surface area contributed by atoms with Crippen molar-refractivity contribution in [2.24, 2.45) is 0 Å². The molecule has 0 bridgehead atoms. The molecule has 0 amide bonds. The van der Waals surface area contributed by atoms with E-state index in [9.17, 15) is 4.79 Å². The summed E-state index contributed by atoms with van der Waals surface area (Å²) in [5.74, 6) is 2.17. The van der Waals surface area contributed by atoms with E-state index in [4.69, 9.17) is 15.0 Å². The third-order valence-electron chi connectivity index (χ3n) is 6.87. The Labute approximate surface area is 236 Å². The molecule has 38 heavy (non-hydrogen) atoms. The minimum atomic E-state index is 0. The number of ketones is 1. The lowest BCUT2D eigenvalue weighted by Gasteiger charge is -2.30. The number of carbonyl (C=O) groups excluding carboxylic acids is 1. The molecule has 0 saturated carbocycles. The van der Waals surface area contributed by atoms with Gasteiger partial charge in [0, 0.05) is 48.7 Å². The minimum Gasteiger partial charge on any atom is -0.344 e. The maximum atomic E-state index is 12.7. The zero-order chi connectivity index (χ0) is 22.2. The van der Waals surface area contributed by atoms with Crippen LogP contribution in [0.15, 0.2) is 42.5 Å². The second-order valence-corrected chi connectivity index (χ2v) is 9.11. The molecule has 2 fully saturated rings. The molecule has 2 aromatic carbocycles. The Balaban J connectivity index is -0.000000802. The van der Waals surface area contributed by atoms with Crippen LogP contribution in [0.1, 0.15) is 60.2 Å². The Morgan fingerprint density at radius 1 is 0.632 bits per heavy atom. The van der Waals surface area contributed by atoms with Gasteiger partial charge in [0.05, 0.1) is 0 Å². The summed E-state index contributed by atoms with van der Waals surface area (Å²) in [7, 11) is 0. The highest BCUT2D eigenvalue weighted by Gasteiger charge is 2.26. The van der Waals surface area contributed by atoms with Crippen LogP contribution >= 0.6 is 12.4 Å². The number of anilines is 4. The van der Waals surface area contributed by atoms with Crippen molar-refractivity contribution in [2.75, 3.05) is 41.3 Å². The number of hydrogen-bond acceptors (Lipinski definition) is 11. The Kier molecular flexibility index (Phi) is 12.0. The molecule has 3 heterocycles. The van der Waals surface area contributed by atoms with Crippen LogP contribution < -0.4 is 39.7 Å². The highest BCUT2D eigenvalue weighted by Crippen LogP contribution is 2.38. The first-order chi connectivity index (χ1) is 16.3. The predicted molar refractivity (Wildman–Crippen MR) is 166 cm³/mol. The van der Waals surface area contributed by atoms with Crippen molar-refractivity contribution in [1.82, 2.24) is 39.6 Å². The van der Waals surface area contributed by atoms with Gasteiger partial charge in [0.25, 0.3) is 0 Å². The topological polar surface area (TPSA) is 214 Å². The number of benzene rings is 2. The number of hydrogen-bond donors (Lipinski definition) is 5. The molecule has 2 aliphatic heterocycles. The van der Waals surface area contributed by atoms with Gasteiger partial charge in [-0.1, -0.05) is 24.3 Å². The smallest absolute Gasteiger partial charge is 0.233 e. The molecule has 0 radical (unpaired) electrons. The number of nitrogens with zero attached hydrogens (tertiary/aromatic N) is 5. The van der Waals surface area contributed by atoms with E-state index in [2.05, 4.69) is 15.1 Å². The van der Waals surface area contributed by atoms with Crippen molar-refractivity contribution in [1.29, 1.82) is 0 Å². The quantitative estimate of drug-likeness (QED) is 0.176. The third-order valence-corrected chi connectivity index (χ3v) is 6.87. The van der Waals surface area contributed by atoms with Gasteiger partial charge in [-0.05, 0) is 67.9 Å². The van der Waals surface area contributed by atoms with E-state index in [-0.39, 0.29) is 48.5 Å². The Morgan fingerprint density at radius 3 is 1.68 bits per heavy atom. The summed E-state index contributed by atoms with van der Waals surface area (Å²) in [6, 6.07) is 13.7. The normalized spacial score (nSPS) is 15.3. The van der Waals surface area contributed by atoms with Crippen LogP contribution in [0.25, 0.3) is 11.1 Å². The summed E-state index contributed by atoms with van der Waals surface area (Å²) in [5.41, 5.74) is 4.34. The molecular weight excluding hydrogens is 504 g/mol. The summed E-state index contributed by atoms with van der Waals surface area (Å²) in [6.45, 7) is 3.95. The lowest BCUT2D eigenvalue weighted by atomic mass is 10.1. The molecule has 0 atom stereocenters. The van der Waals surface area contributed by atoms with E-state index < -0.39 is 0 Å². The molecule has 0 spiro atoms. The molecule has 0 unspecified atom stereocenters. The fourth-order valence-electron chi connectivity index (χ4n) is 5.11. The Hall–Kier alpha value is -3.35. The molecule has 1 aromatic heterocycles. The standard InChI is InChI=1S/C26H28N6O.ClH.4H3N.4H2/c33-23-20-10-4-3-9-19(20)22-17-18(11-12-21(22)23)27-24-28-25(31-13-5-1-6-14-31)30-26(29-24)32-15-7-2-8-16-32;;;;;;;;;/h3-4,9-12,17H,1-2,5-8,13-16H2,(H,27,28,29,30);1H;4*1H3;4*1H. The zero-order valence-corrected chi connectivity index (χ0v) is 22.8. The SMILES string of the molecule is Cl.N.N.N.N.O=C1c2ccccc2-c2cc(Nc3nc(N4CCCCC4)nc(N4CCCCC4)n3)ccc21.[HH].[HH].[HH].[HH]. The summed E-state index contributed by atoms with van der Waals surface area (Å²) in [5, 5.41) is 3.41. The van der Waals surface area contributed by atoms with Gasteiger partial charge in [-0.2, -0.15) is 15.0 Å². The maximum absolute atomic E-state index is 12.7.